The Kier molecular flexibility index (Phi) is 12.0. The highest BCUT2D eigenvalue weighted by Crippen LogP contribution is 2.46. The molecule has 0 bridgehead atoms. The van der Waals surface area contributed by atoms with Crippen molar-refractivity contribution in [1.29, 1.82) is 0 Å². The van der Waals surface area contributed by atoms with Crippen molar-refractivity contribution in [3.8, 4) is 50.6 Å². The average molecular weight is 1260 g/mol. The molecule has 16 aromatic rings. The molecule has 0 atom stereocenters. The molecule has 0 unspecified atom stereocenters. The summed E-state index contributed by atoms with van der Waals surface area (Å²) in [5.41, 5.74) is 12.0. The fraction of sp³-hybridized carbons (Fsp3) is 0. The molecule has 96 heavy (non-hydrogen) atoms. The molecule has 0 fully saturated rings. The smallest absolute Gasteiger partial charge is 0.256 e. The van der Waals surface area contributed by atoms with Crippen LogP contribution in [-0.2, 0) is 0 Å². The molecule has 0 N–H and O–H groups in total. The molecule has 3 nitrogen and oxygen atoms in total. The summed E-state index contributed by atoms with van der Waals surface area (Å²) >= 11 is 0. The zero-order valence-corrected chi connectivity index (χ0v) is 54.1. The highest BCUT2D eigenvalue weighted by molar-refractivity contribution is 7.21. The normalized spacial score (nSPS) is 13.6. The van der Waals surface area contributed by atoms with Gasteiger partial charge in [0.1, 0.15) is 11.5 Å². The van der Waals surface area contributed by atoms with Crippen LogP contribution in [-0.4, -0.2) is 27.4 Å². The topological polar surface area (TPSA) is 17.4 Å². The van der Waals surface area contributed by atoms with Crippen LogP contribution in [0, 0.1) is 0 Å². The van der Waals surface area contributed by atoms with E-state index < -0.39 is 71.2 Å². The Bertz CT molecular complexity index is 5920. The van der Waals surface area contributed by atoms with Crippen LogP contribution in [0.25, 0.3) is 60.9 Å². The lowest BCUT2D eigenvalue weighted by molar-refractivity contribution is 0.487. The number of hydrogen-bond acceptors (Lipinski definition) is 2. The van der Waals surface area contributed by atoms with Crippen molar-refractivity contribution in [2.75, 3.05) is 4.90 Å². The first-order chi connectivity index (χ1) is 50.9. The quantitative estimate of drug-likeness (QED) is 0.0846. The summed E-state index contributed by atoms with van der Waals surface area (Å²) in [5.74, 6) is 1.09. The predicted molar refractivity (Wildman–Crippen MR) is 410 cm³/mol. The van der Waals surface area contributed by atoms with Gasteiger partial charge in [-0.3, -0.25) is 0 Å². The third kappa shape index (κ3) is 9.16. The van der Waals surface area contributed by atoms with Gasteiger partial charge in [0.05, 0.1) is 33.4 Å². The maximum Gasteiger partial charge on any atom is 0.256 e. The maximum atomic E-state index is 9.82. The van der Waals surface area contributed by atoms with E-state index in [2.05, 4.69) is 302 Å². The number of aromatic nitrogens is 1. The summed E-state index contributed by atoms with van der Waals surface area (Å²) in [5, 5.41) is 9.38. The molecule has 0 spiro atoms. The Morgan fingerprint density at radius 3 is 1.23 bits per heavy atom. The largest absolute Gasteiger partial charge is 0.458 e. The van der Waals surface area contributed by atoms with Crippen LogP contribution in [0.2, 0.25) is 0 Å². The third-order valence-corrected chi connectivity index (χ3v) is 29.3. The van der Waals surface area contributed by atoms with E-state index in [0.717, 1.165) is 71.5 Å². The Hall–Kier alpha value is -11.8. The van der Waals surface area contributed by atoms with E-state index in [1.165, 1.54) is 31.1 Å². The Morgan fingerprint density at radius 2 is 0.708 bits per heavy atom. The fourth-order valence-corrected chi connectivity index (χ4v) is 25.3. The molecule has 2 aliphatic rings. The summed E-state index contributed by atoms with van der Waals surface area (Å²) in [6.07, 6.45) is 0. The van der Waals surface area contributed by atoms with Crippen molar-refractivity contribution in [3.05, 3.63) is 382 Å². The van der Waals surface area contributed by atoms with Crippen molar-refractivity contribution in [1.82, 2.24) is 4.57 Å². The van der Waals surface area contributed by atoms with Gasteiger partial charge in [-0.1, -0.05) is 340 Å². The van der Waals surface area contributed by atoms with Gasteiger partial charge in [0, 0.05) is 33.8 Å². The molecule has 6 heteroatoms. The van der Waals surface area contributed by atoms with Crippen LogP contribution in [0.5, 0.6) is 11.5 Å². The minimum Gasteiger partial charge on any atom is -0.458 e. The highest BCUT2D eigenvalue weighted by atomic mass is 28.3. The van der Waals surface area contributed by atoms with Crippen LogP contribution in [0.1, 0.15) is 11.0 Å². The minimum absolute atomic E-state index is 0.0102. The van der Waals surface area contributed by atoms with Crippen molar-refractivity contribution in [2.45, 2.75) is 0 Å². The zero-order chi connectivity index (χ0) is 70.5. The van der Waals surface area contributed by atoms with E-state index >= 15 is 0 Å². The van der Waals surface area contributed by atoms with Crippen molar-refractivity contribution in [3.63, 3.8) is 0 Å². The molecule has 18 rings (SSSR count). The molecule has 0 aliphatic carbocycles. The lowest BCUT2D eigenvalue weighted by Crippen LogP contribution is -2.75. The Morgan fingerprint density at radius 1 is 0.292 bits per heavy atom. The molecule has 0 saturated carbocycles. The first kappa shape index (κ1) is 48.9. The molecule has 1 aromatic heterocycles. The molecule has 3 heterocycles. The molecule has 0 amide bonds. The van der Waals surface area contributed by atoms with E-state index in [0.29, 0.717) is 22.9 Å². The van der Waals surface area contributed by atoms with Gasteiger partial charge in [-0.15, -0.1) is 0 Å². The monoisotopic (exact) mass is 1260 g/mol. The Balaban J connectivity index is 0.986. The lowest BCUT2D eigenvalue weighted by Gasteiger charge is -2.43. The van der Waals surface area contributed by atoms with Gasteiger partial charge >= 0.3 is 0 Å². The number of benzene rings is 15. The van der Waals surface area contributed by atoms with Crippen molar-refractivity contribution >= 4 is 120 Å². The van der Waals surface area contributed by atoms with Gasteiger partial charge in [0.25, 0.3) is 6.71 Å². The molecule has 15 aromatic carbocycles. The van der Waals surface area contributed by atoms with E-state index in [1.54, 1.807) is 4.57 Å². The fourth-order valence-electron chi connectivity index (χ4n) is 15.7. The van der Waals surface area contributed by atoms with Crippen LogP contribution < -0.4 is 67.5 Å². The molecule has 2 aliphatic heterocycles. The number of anilines is 3. The first-order valence-corrected chi connectivity index (χ1v) is 36.6. The Labute approximate surface area is 574 Å². The van der Waals surface area contributed by atoms with Crippen LogP contribution in [0.3, 0.4) is 0 Å². The lowest BCUT2D eigenvalue weighted by atomic mass is 9.34. The van der Waals surface area contributed by atoms with Gasteiger partial charge in [-0.25, -0.2) is 0 Å². The first-order valence-electron chi connectivity index (χ1n) is 36.6. The third-order valence-electron chi connectivity index (χ3n) is 19.8. The van der Waals surface area contributed by atoms with E-state index in [9.17, 15) is 8.22 Å². The number of nitrogens with zero attached hydrogens (tertiary/aromatic N) is 2. The standard InChI is InChI=1S/C90H63BN2OSi2/c1-8-30-64(31-9-1)67-36-28-46-74(58-67)95(70-38-14-4-15-39-70,71-40-16-5-17-41-71)76-55-57-86-82(62-76)91-81-56-54-77(96(72-42-18-6-19-43-72,73-44-20-7-21-45-73)75-47-29-37-68(59-75)65-32-10-2-11-33-65)63-88(81)94-89-61-69(92-84-52-26-23-49-79(84)80-50-24-27-53-85(80)92)60-87(90(89)91)93(86)83-51-25-22-48-78(83)66-34-12-3-13-35-66/h1-63H/i23D,24D,26D,27D,49D,50D,52D,53D. The van der Waals surface area contributed by atoms with Gasteiger partial charge < -0.3 is 14.2 Å². The maximum absolute atomic E-state index is 9.82. The number of ether oxygens (including phenoxy) is 1. The van der Waals surface area contributed by atoms with E-state index in [-0.39, 0.29) is 21.8 Å². The summed E-state index contributed by atoms with van der Waals surface area (Å²) in [6, 6.07) is 116. The van der Waals surface area contributed by atoms with E-state index in [1.807, 2.05) is 36.4 Å². The van der Waals surface area contributed by atoms with Gasteiger partial charge in [0.2, 0.25) is 0 Å². The molecule has 0 radical (unpaired) electrons. The zero-order valence-electron chi connectivity index (χ0n) is 60.1. The van der Waals surface area contributed by atoms with Gasteiger partial charge in [0.15, 0.2) is 16.1 Å². The second-order valence-corrected chi connectivity index (χ2v) is 32.4. The van der Waals surface area contributed by atoms with Crippen molar-refractivity contribution in [2.24, 2.45) is 0 Å². The SMILES string of the molecule is [2H]c1c([2H])c([2H])c2c(c1[2H])c1c([2H])c([2H])c([2H])c([2H])c1n2-c1cc2c3c(c1)N(c1ccccc1-c1ccccc1)c1ccc([Si](c4ccccc4)(c4ccccc4)c4cccc(-c5ccccc5)c4)cc1B3c1ccc([Si](c3ccccc3)(c3ccccc3)c3cccc(-c4ccccc4)c3)cc1O2. The second kappa shape index (κ2) is 23.6. The van der Waals surface area contributed by atoms with Gasteiger partial charge in [-0.2, -0.15) is 0 Å². The summed E-state index contributed by atoms with van der Waals surface area (Å²) in [4.78, 5) is 2.31. The van der Waals surface area contributed by atoms with Crippen molar-refractivity contribution < 1.29 is 15.7 Å². The summed E-state index contributed by atoms with van der Waals surface area (Å²) in [6.45, 7) is -0.533. The van der Waals surface area contributed by atoms with Gasteiger partial charge in [-0.05, 0) is 122 Å². The number of para-hydroxylation sites is 3. The predicted octanol–water partition coefficient (Wildman–Crippen LogP) is 14.9. The molecule has 450 valence electrons. The number of hydrogen-bond donors (Lipinski definition) is 0. The summed E-state index contributed by atoms with van der Waals surface area (Å²) < 4.78 is 84.9. The molecular formula is C90H63BN2OSi2. The van der Waals surface area contributed by atoms with Crippen LogP contribution >= 0.6 is 0 Å². The van der Waals surface area contributed by atoms with Crippen LogP contribution in [0.15, 0.2) is 382 Å². The molecular weight excluding hydrogens is 1190 g/mol. The highest BCUT2D eigenvalue weighted by Gasteiger charge is 2.48. The number of fused-ring (bicyclic) bond motifs is 7. The van der Waals surface area contributed by atoms with E-state index in [4.69, 9.17) is 7.48 Å². The molecule has 0 saturated heterocycles. The van der Waals surface area contributed by atoms with Crippen LogP contribution in [0.4, 0.5) is 17.1 Å². The minimum atomic E-state index is -3.39. The second-order valence-electron chi connectivity index (χ2n) is 24.8. The average Bonchev–Trinajstić information content (AvgIpc) is 1.10. The number of rotatable bonds is 13. The summed E-state index contributed by atoms with van der Waals surface area (Å²) in [7, 11) is -6.77.